The van der Waals surface area contributed by atoms with Gasteiger partial charge in [-0.3, -0.25) is 0 Å². The Balaban J connectivity index is 3.10. The molecule has 0 aromatic heterocycles. The highest BCUT2D eigenvalue weighted by atomic mass is 31.1. The van der Waals surface area contributed by atoms with Crippen LogP contribution in [0.3, 0.4) is 0 Å². The van der Waals surface area contributed by atoms with Crippen LogP contribution in [0.25, 0.3) is 0 Å². The number of hydrogen-bond donors (Lipinski definition) is 0. The van der Waals surface area contributed by atoms with E-state index in [0.29, 0.717) is 0 Å². The summed E-state index contributed by atoms with van der Waals surface area (Å²) in [5.41, 5.74) is 0.947. The molecule has 0 aliphatic carbocycles. The van der Waals surface area contributed by atoms with Gasteiger partial charge in [-0.1, -0.05) is 97.8 Å². The van der Waals surface area contributed by atoms with Crippen molar-refractivity contribution in [1.29, 1.82) is 0 Å². The summed E-state index contributed by atoms with van der Waals surface area (Å²) in [6.45, 7) is 9.50. The second-order valence-corrected chi connectivity index (χ2v) is 7.87. The molecule has 0 radical (unpaired) electrons. The smallest absolute Gasteiger partial charge is 0.0242 e. The first-order valence-corrected chi connectivity index (χ1v) is 10.5. The van der Waals surface area contributed by atoms with Crippen LogP contribution in [0.5, 0.6) is 0 Å². The molecule has 0 saturated carbocycles. The zero-order valence-corrected chi connectivity index (χ0v) is 15.1. The fourth-order valence-corrected chi connectivity index (χ4v) is 3.40. The van der Waals surface area contributed by atoms with Gasteiger partial charge < -0.3 is 0 Å². The van der Waals surface area contributed by atoms with Gasteiger partial charge in [0.05, 0.1) is 0 Å². The summed E-state index contributed by atoms with van der Waals surface area (Å²) in [7, 11) is 1.12. The standard InChI is InChI=1S/C18H39P/c1-5-6-7-8-9-10-11-12-13-14-15-16-17(2)18(3)19-4/h17-19H,5-16H2,1-4H3. The topological polar surface area (TPSA) is 0 Å². The molecule has 116 valence electrons. The quantitative estimate of drug-likeness (QED) is 0.238. The summed E-state index contributed by atoms with van der Waals surface area (Å²) < 4.78 is 0. The average Bonchev–Trinajstić information content (AvgIpc) is 2.43. The van der Waals surface area contributed by atoms with Gasteiger partial charge in [0.2, 0.25) is 0 Å². The van der Waals surface area contributed by atoms with Gasteiger partial charge in [0, 0.05) is 0 Å². The molecule has 0 aromatic carbocycles. The number of unbranched alkanes of at least 4 members (excludes halogenated alkanes) is 10. The highest BCUT2D eigenvalue weighted by molar-refractivity contribution is 7.37. The summed E-state index contributed by atoms with van der Waals surface area (Å²) in [5.74, 6) is 0.946. The summed E-state index contributed by atoms with van der Waals surface area (Å²) in [4.78, 5) is 0. The van der Waals surface area contributed by atoms with Crippen molar-refractivity contribution in [3.05, 3.63) is 0 Å². The normalized spacial score (nSPS) is 15.2. The van der Waals surface area contributed by atoms with Gasteiger partial charge in [0.25, 0.3) is 0 Å². The monoisotopic (exact) mass is 286 g/mol. The van der Waals surface area contributed by atoms with Crippen molar-refractivity contribution in [3.63, 3.8) is 0 Å². The Kier molecular flexibility index (Phi) is 15.2. The second-order valence-electron chi connectivity index (χ2n) is 6.38. The zero-order valence-electron chi connectivity index (χ0n) is 14.1. The van der Waals surface area contributed by atoms with Crippen molar-refractivity contribution in [2.24, 2.45) is 5.92 Å². The molecular weight excluding hydrogens is 247 g/mol. The van der Waals surface area contributed by atoms with Crippen LogP contribution in [-0.2, 0) is 0 Å². The molecule has 0 aliphatic heterocycles. The summed E-state index contributed by atoms with van der Waals surface area (Å²) in [6.07, 6.45) is 17.5. The summed E-state index contributed by atoms with van der Waals surface area (Å²) in [5, 5.41) is 0. The Morgan fingerprint density at radius 3 is 1.53 bits per heavy atom. The molecule has 0 saturated heterocycles. The van der Waals surface area contributed by atoms with Crippen LogP contribution in [0.15, 0.2) is 0 Å². The summed E-state index contributed by atoms with van der Waals surface area (Å²) >= 11 is 0. The second kappa shape index (κ2) is 14.8. The van der Waals surface area contributed by atoms with E-state index in [4.69, 9.17) is 0 Å². The third-order valence-electron chi connectivity index (χ3n) is 4.57. The minimum Gasteiger partial charge on any atom is -0.122 e. The lowest BCUT2D eigenvalue weighted by molar-refractivity contribution is 0.475. The van der Waals surface area contributed by atoms with Gasteiger partial charge in [-0.2, -0.15) is 0 Å². The van der Waals surface area contributed by atoms with Gasteiger partial charge in [-0.15, -0.1) is 8.58 Å². The minimum atomic E-state index is 0.946. The Morgan fingerprint density at radius 2 is 1.11 bits per heavy atom. The first-order valence-electron chi connectivity index (χ1n) is 8.89. The van der Waals surface area contributed by atoms with Crippen LogP contribution in [0, 0.1) is 5.92 Å². The molecule has 0 aromatic rings. The van der Waals surface area contributed by atoms with E-state index in [0.717, 1.165) is 20.2 Å². The first kappa shape index (κ1) is 19.4. The largest absolute Gasteiger partial charge is 0.122 e. The Morgan fingerprint density at radius 1 is 0.684 bits per heavy atom. The van der Waals surface area contributed by atoms with Crippen molar-refractivity contribution >= 4 is 8.58 Å². The van der Waals surface area contributed by atoms with Crippen LogP contribution in [0.2, 0.25) is 0 Å². The van der Waals surface area contributed by atoms with Crippen molar-refractivity contribution in [2.75, 3.05) is 6.66 Å². The molecule has 0 fully saturated rings. The van der Waals surface area contributed by atoms with Gasteiger partial charge in [-0.25, -0.2) is 0 Å². The van der Waals surface area contributed by atoms with E-state index < -0.39 is 0 Å². The molecule has 3 atom stereocenters. The molecule has 0 heterocycles. The van der Waals surface area contributed by atoms with Crippen molar-refractivity contribution < 1.29 is 0 Å². The highest BCUT2D eigenvalue weighted by Crippen LogP contribution is 2.26. The maximum Gasteiger partial charge on any atom is -0.0242 e. The summed E-state index contributed by atoms with van der Waals surface area (Å²) in [6, 6.07) is 0. The van der Waals surface area contributed by atoms with E-state index in [-0.39, 0.29) is 0 Å². The number of hydrogen-bond acceptors (Lipinski definition) is 0. The first-order chi connectivity index (χ1) is 9.22. The number of rotatable bonds is 14. The maximum atomic E-state index is 2.44. The van der Waals surface area contributed by atoms with E-state index in [1.54, 1.807) is 0 Å². The average molecular weight is 286 g/mol. The van der Waals surface area contributed by atoms with Crippen LogP contribution < -0.4 is 0 Å². The van der Waals surface area contributed by atoms with Crippen molar-refractivity contribution in [3.8, 4) is 0 Å². The third kappa shape index (κ3) is 13.2. The molecule has 0 nitrogen and oxygen atoms in total. The van der Waals surface area contributed by atoms with Gasteiger partial charge in [0.15, 0.2) is 0 Å². The predicted molar refractivity (Wildman–Crippen MR) is 93.9 cm³/mol. The maximum absolute atomic E-state index is 2.44. The van der Waals surface area contributed by atoms with Gasteiger partial charge in [0.1, 0.15) is 0 Å². The Labute approximate surface area is 125 Å². The molecule has 0 spiro atoms. The highest BCUT2D eigenvalue weighted by Gasteiger charge is 2.08. The van der Waals surface area contributed by atoms with Crippen molar-refractivity contribution in [2.45, 2.75) is 103 Å². The van der Waals surface area contributed by atoms with Gasteiger partial charge >= 0.3 is 0 Å². The predicted octanol–water partition coefficient (Wildman–Crippen LogP) is 7.02. The molecule has 1 heteroatoms. The molecule has 0 rings (SSSR count). The minimum absolute atomic E-state index is 0.946. The van der Waals surface area contributed by atoms with E-state index >= 15 is 0 Å². The molecule has 3 unspecified atom stereocenters. The fraction of sp³-hybridized carbons (Fsp3) is 1.00. The third-order valence-corrected chi connectivity index (χ3v) is 6.05. The van der Waals surface area contributed by atoms with E-state index in [9.17, 15) is 0 Å². The molecule has 0 amide bonds. The van der Waals surface area contributed by atoms with Crippen LogP contribution >= 0.6 is 8.58 Å². The van der Waals surface area contributed by atoms with E-state index in [1.807, 2.05) is 0 Å². The van der Waals surface area contributed by atoms with Gasteiger partial charge in [-0.05, 0) is 18.2 Å². The zero-order chi connectivity index (χ0) is 14.3. The van der Waals surface area contributed by atoms with Crippen LogP contribution in [-0.4, -0.2) is 12.3 Å². The molecular formula is C18H39P. The van der Waals surface area contributed by atoms with E-state index in [1.165, 1.54) is 77.0 Å². The SMILES string of the molecule is CCCCCCCCCCCCCC(C)C(C)PC. The Bertz CT molecular complexity index is 167. The molecule has 0 bridgehead atoms. The van der Waals surface area contributed by atoms with Crippen LogP contribution in [0.4, 0.5) is 0 Å². The lowest BCUT2D eigenvalue weighted by Crippen LogP contribution is -2.07. The molecule has 19 heavy (non-hydrogen) atoms. The molecule has 0 aliphatic rings. The van der Waals surface area contributed by atoms with Crippen LogP contribution in [0.1, 0.15) is 97.8 Å². The van der Waals surface area contributed by atoms with Crippen molar-refractivity contribution in [1.82, 2.24) is 0 Å². The Hall–Kier alpha value is 0.430. The fourth-order valence-electron chi connectivity index (χ4n) is 2.67. The molecule has 0 N–H and O–H groups in total. The lowest BCUT2D eigenvalue weighted by atomic mass is 9.99. The van der Waals surface area contributed by atoms with E-state index in [2.05, 4.69) is 27.4 Å². The lowest BCUT2D eigenvalue weighted by Gasteiger charge is -2.17.